The van der Waals surface area contributed by atoms with Crippen LogP contribution in [-0.2, 0) is 15.9 Å². The van der Waals surface area contributed by atoms with Crippen LogP contribution in [0.4, 0.5) is 10.2 Å². The second-order valence-corrected chi connectivity index (χ2v) is 10.8. The summed E-state index contributed by atoms with van der Waals surface area (Å²) in [4.78, 5) is 2.25. The molecule has 3 fully saturated rings. The van der Waals surface area contributed by atoms with Crippen LogP contribution in [0.1, 0.15) is 56.4 Å². The van der Waals surface area contributed by atoms with Crippen LogP contribution in [0.25, 0.3) is 0 Å². The lowest BCUT2D eigenvalue weighted by atomic mass is 9.82. The standard InChI is InChI=1S/C25H34FN5O2S/c26-21-4-1-3-19(15-21)18-6-10-23(11-7-18)33-17-20-16-31(25-5-2-13-27-28-25)14-12-24(20)30-34(32)29-22-8-9-22/h1-5,13,15,18,20,22-24,29-30H,6-12,14,16-17H2. The second-order valence-electron chi connectivity index (χ2n) is 9.82. The molecule has 2 aromatic rings. The summed E-state index contributed by atoms with van der Waals surface area (Å²) in [5.41, 5.74) is 1.10. The van der Waals surface area contributed by atoms with Gasteiger partial charge in [0, 0.05) is 37.3 Å². The van der Waals surface area contributed by atoms with Gasteiger partial charge in [0.25, 0.3) is 0 Å². The normalized spacial score (nSPS) is 28.6. The van der Waals surface area contributed by atoms with Crippen molar-refractivity contribution in [3.8, 4) is 0 Å². The summed E-state index contributed by atoms with van der Waals surface area (Å²) in [5, 5.41) is 8.31. The Bertz CT molecular complexity index is 955. The van der Waals surface area contributed by atoms with Crippen molar-refractivity contribution >= 4 is 17.0 Å². The van der Waals surface area contributed by atoms with Crippen molar-refractivity contribution in [1.29, 1.82) is 0 Å². The first-order chi connectivity index (χ1) is 16.6. The van der Waals surface area contributed by atoms with E-state index in [2.05, 4.69) is 24.5 Å². The SMILES string of the molecule is O=S(NC1CC1)NC1CCN(c2cccnn2)CC1COC1CCC(c2cccc(F)c2)CC1. The van der Waals surface area contributed by atoms with Crippen LogP contribution in [0.2, 0.25) is 0 Å². The maximum Gasteiger partial charge on any atom is 0.167 e. The summed E-state index contributed by atoms with van der Waals surface area (Å²) in [6, 6.07) is 11.4. The number of nitrogens with one attached hydrogen (secondary N) is 2. The summed E-state index contributed by atoms with van der Waals surface area (Å²) in [6.45, 7) is 2.24. The number of nitrogens with zero attached hydrogens (tertiary/aromatic N) is 3. The van der Waals surface area contributed by atoms with Crippen molar-refractivity contribution in [3.05, 3.63) is 54.0 Å². The van der Waals surface area contributed by atoms with Gasteiger partial charge in [-0.3, -0.25) is 0 Å². The second kappa shape index (κ2) is 11.2. The fraction of sp³-hybridized carbons (Fsp3) is 0.600. The molecule has 3 atom stereocenters. The molecule has 9 heteroatoms. The molecule has 2 heterocycles. The third kappa shape index (κ3) is 6.38. The molecule has 1 aromatic heterocycles. The van der Waals surface area contributed by atoms with Crippen LogP contribution in [0.5, 0.6) is 0 Å². The summed E-state index contributed by atoms with van der Waals surface area (Å²) < 4.78 is 39.0. The van der Waals surface area contributed by atoms with Crippen molar-refractivity contribution in [2.45, 2.75) is 69.1 Å². The quantitative estimate of drug-likeness (QED) is 0.566. The summed E-state index contributed by atoms with van der Waals surface area (Å²) in [5.74, 6) is 1.32. The molecule has 2 N–H and O–H groups in total. The maximum atomic E-state index is 13.6. The molecule has 0 amide bonds. The molecule has 0 bridgehead atoms. The highest BCUT2D eigenvalue weighted by molar-refractivity contribution is 7.81. The highest BCUT2D eigenvalue weighted by atomic mass is 32.2. The monoisotopic (exact) mass is 487 g/mol. The van der Waals surface area contributed by atoms with Crippen molar-refractivity contribution in [2.24, 2.45) is 5.92 Å². The molecular weight excluding hydrogens is 453 g/mol. The lowest BCUT2D eigenvalue weighted by Crippen LogP contribution is -2.53. The number of benzene rings is 1. The third-order valence-corrected chi connectivity index (χ3v) is 8.33. The molecule has 3 aliphatic rings. The predicted octanol–water partition coefficient (Wildman–Crippen LogP) is 3.47. The van der Waals surface area contributed by atoms with E-state index >= 15 is 0 Å². The van der Waals surface area contributed by atoms with Gasteiger partial charge in [0.2, 0.25) is 0 Å². The number of hydrogen-bond acceptors (Lipinski definition) is 5. The molecule has 1 saturated heterocycles. The zero-order valence-corrected chi connectivity index (χ0v) is 20.3. The number of rotatable bonds is 9. The van der Waals surface area contributed by atoms with Gasteiger partial charge in [0.15, 0.2) is 17.0 Å². The van der Waals surface area contributed by atoms with Crippen molar-refractivity contribution in [2.75, 3.05) is 24.6 Å². The highest BCUT2D eigenvalue weighted by Crippen LogP contribution is 2.35. The van der Waals surface area contributed by atoms with Gasteiger partial charge in [-0.2, -0.15) is 5.10 Å². The van der Waals surface area contributed by atoms with Gasteiger partial charge in [-0.25, -0.2) is 18.0 Å². The lowest BCUT2D eigenvalue weighted by Gasteiger charge is -2.40. The molecule has 0 spiro atoms. The van der Waals surface area contributed by atoms with Crippen molar-refractivity contribution < 1.29 is 13.3 Å². The molecule has 2 saturated carbocycles. The minimum atomic E-state index is -1.23. The van der Waals surface area contributed by atoms with Gasteiger partial charge in [-0.15, -0.1) is 5.10 Å². The van der Waals surface area contributed by atoms with Crippen molar-refractivity contribution in [1.82, 2.24) is 19.6 Å². The Morgan fingerprint density at radius 2 is 1.91 bits per heavy atom. The van der Waals surface area contributed by atoms with E-state index in [0.29, 0.717) is 18.6 Å². The molecular formula is C25H34FN5O2S. The number of halogens is 1. The van der Waals surface area contributed by atoms with Gasteiger partial charge < -0.3 is 9.64 Å². The van der Waals surface area contributed by atoms with E-state index in [4.69, 9.17) is 4.74 Å². The smallest absolute Gasteiger partial charge is 0.167 e. The van der Waals surface area contributed by atoms with Crippen LogP contribution < -0.4 is 14.3 Å². The Morgan fingerprint density at radius 3 is 2.65 bits per heavy atom. The fourth-order valence-corrected chi connectivity index (χ4v) is 6.33. The van der Waals surface area contributed by atoms with Crippen molar-refractivity contribution in [3.63, 3.8) is 0 Å². The molecule has 34 heavy (non-hydrogen) atoms. The molecule has 0 radical (unpaired) electrons. The summed E-state index contributed by atoms with van der Waals surface area (Å²) in [6.07, 6.45) is 8.97. The zero-order chi connectivity index (χ0) is 23.3. The molecule has 5 rings (SSSR count). The molecule has 7 nitrogen and oxygen atoms in total. The van der Waals surface area contributed by atoms with E-state index in [1.165, 1.54) is 6.07 Å². The van der Waals surface area contributed by atoms with E-state index in [0.717, 1.165) is 69.4 Å². The lowest BCUT2D eigenvalue weighted by molar-refractivity contribution is -0.00210. The van der Waals surface area contributed by atoms with E-state index in [1.54, 1.807) is 18.3 Å². The number of piperidine rings is 1. The van der Waals surface area contributed by atoms with Crippen LogP contribution in [0.3, 0.4) is 0 Å². The minimum absolute atomic E-state index is 0.114. The number of hydrogen-bond donors (Lipinski definition) is 2. The highest BCUT2D eigenvalue weighted by Gasteiger charge is 2.33. The zero-order valence-electron chi connectivity index (χ0n) is 19.4. The first-order valence-electron chi connectivity index (χ1n) is 12.5. The van der Waals surface area contributed by atoms with Crippen LogP contribution in [-0.4, -0.2) is 52.3 Å². The first kappa shape index (κ1) is 23.8. The molecule has 2 aliphatic carbocycles. The van der Waals surface area contributed by atoms with Crippen LogP contribution in [0, 0.1) is 11.7 Å². The van der Waals surface area contributed by atoms with E-state index in [-0.39, 0.29) is 23.9 Å². The Kier molecular flexibility index (Phi) is 7.83. The molecule has 184 valence electrons. The maximum absolute atomic E-state index is 13.6. The van der Waals surface area contributed by atoms with Gasteiger partial charge in [0.1, 0.15) is 5.82 Å². The van der Waals surface area contributed by atoms with Crippen LogP contribution >= 0.6 is 0 Å². The topological polar surface area (TPSA) is 79.4 Å². The molecule has 3 unspecified atom stereocenters. The Morgan fingerprint density at radius 1 is 1.06 bits per heavy atom. The predicted molar refractivity (Wildman–Crippen MR) is 131 cm³/mol. The van der Waals surface area contributed by atoms with E-state index in [9.17, 15) is 8.60 Å². The number of anilines is 1. The number of ether oxygens (including phenoxy) is 1. The van der Waals surface area contributed by atoms with Gasteiger partial charge in [-0.1, -0.05) is 12.1 Å². The van der Waals surface area contributed by atoms with Gasteiger partial charge in [0.05, 0.1) is 12.7 Å². The third-order valence-electron chi connectivity index (χ3n) is 7.27. The number of aromatic nitrogens is 2. The van der Waals surface area contributed by atoms with Gasteiger partial charge in [-0.05, 0) is 80.7 Å². The Labute approximate surface area is 203 Å². The average molecular weight is 488 g/mol. The Hall–Kier alpha value is -1.94. The average Bonchev–Trinajstić information content (AvgIpc) is 3.68. The van der Waals surface area contributed by atoms with Crippen LogP contribution in [0.15, 0.2) is 42.6 Å². The largest absolute Gasteiger partial charge is 0.378 e. The fourth-order valence-electron chi connectivity index (χ4n) is 5.13. The van der Waals surface area contributed by atoms with Gasteiger partial charge >= 0.3 is 0 Å². The molecule has 1 aliphatic heterocycles. The summed E-state index contributed by atoms with van der Waals surface area (Å²) >= 11 is -1.23. The first-order valence-corrected chi connectivity index (χ1v) is 13.6. The molecule has 1 aromatic carbocycles. The minimum Gasteiger partial charge on any atom is -0.378 e. The van der Waals surface area contributed by atoms with E-state index in [1.807, 2.05) is 18.2 Å². The summed E-state index contributed by atoms with van der Waals surface area (Å²) in [7, 11) is 0. The Balaban J connectivity index is 1.16. The van der Waals surface area contributed by atoms with E-state index < -0.39 is 11.2 Å².